The average molecular weight is 332 g/mol. The van der Waals surface area contributed by atoms with E-state index in [1.165, 1.54) is 13.3 Å². The zero-order chi connectivity index (χ0) is 16.7. The molecule has 4 atom stereocenters. The molecule has 4 heterocycles. The summed E-state index contributed by atoms with van der Waals surface area (Å²) < 4.78 is 24.1. The summed E-state index contributed by atoms with van der Waals surface area (Å²) in [5, 5.41) is 0. The Morgan fingerprint density at radius 3 is 3.04 bits per heavy atom. The van der Waals surface area contributed by atoms with Gasteiger partial charge < -0.3 is 18.9 Å². The van der Waals surface area contributed by atoms with Gasteiger partial charge in [-0.15, -0.1) is 0 Å². The maximum atomic E-state index is 11.1. The first-order chi connectivity index (χ1) is 11.7. The van der Waals surface area contributed by atoms with Gasteiger partial charge in [0.25, 0.3) is 0 Å². The van der Waals surface area contributed by atoms with Gasteiger partial charge in [-0.05, 0) is 6.08 Å². The standard InChI is InChI=1S/C15H16N4O5/c1-3-9-11-14(17-5-16-9)19(6-18-11)15-13-12(22-7-23-13)10(24-15)4-21-8(2)20/h3,5-6,10,12-13,15H,1,4,7H2,2H3/t10-,12-,13-,15-/m1/s1. The molecule has 2 aromatic heterocycles. The maximum absolute atomic E-state index is 11.1. The normalized spacial score (nSPS) is 28.9. The van der Waals surface area contributed by atoms with Crippen LogP contribution in [0.1, 0.15) is 18.8 Å². The zero-order valence-corrected chi connectivity index (χ0v) is 13.0. The SMILES string of the molecule is C=Cc1ncnc2c1ncn2[C@@H]1O[C@H](COC(C)=O)[C@H]2OCO[C@H]21. The molecule has 0 N–H and O–H groups in total. The molecule has 2 aliphatic heterocycles. The van der Waals surface area contributed by atoms with Crippen LogP contribution in [0.4, 0.5) is 0 Å². The molecule has 0 bridgehead atoms. The minimum absolute atomic E-state index is 0.107. The third kappa shape index (κ3) is 2.37. The molecular formula is C15H16N4O5. The first kappa shape index (κ1) is 15.2. The van der Waals surface area contributed by atoms with E-state index in [0.717, 1.165) is 0 Å². The summed E-state index contributed by atoms with van der Waals surface area (Å²) in [6.07, 6.45) is 3.17. The molecule has 9 nitrogen and oxygen atoms in total. The Bertz CT molecular complexity index is 791. The lowest BCUT2D eigenvalue weighted by Gasteiger charge is -2.18. The Hall–Kier alpha value is -2.36. The number of fused-ring (bicyclic) bond motifs is 2. The number of carbonyl (C=O) groups excluding carboxylic acids is 1. The van der Waals surface area contributed by atoms with Crippen LogP contribution in [0.25, 0.3) is 17.2 Å². The zero-order valence-electron chi connectivity index (χ0n) is 13.0. The van der Waals surface area contributed by atoms with Gasteiger partial charge in [0, 0.05) is 6.92 Å². The lowest BCUT2D eigenvalue weighted by molar-refractivity contribution is -0.151. The van der Waals surface area contributed by atoms with E-state index < -0.39 is 12.3 Å². The predicted molar refractivity (Wildman–Crippen MR) is 80.6 cm³/mol. The molecule has 9 heteroatoms. The third-order valence-corrected chi connectivity index (χ3v) is 4.11. The van der Waals surface area contributed by atoms with Crippen LogP contribution in [-0.4, -0.2) is 57.2 Å². The van der Waals surface area contributed by atoms with Crippen LogP contribution in [0.3, 0.4) is 0 Å². The summed E-state index contributed by atoms with van der Waals surface area (Å²) in [6.45, 7) is 5.36. The van der Waals surface area contributed by atoms with Crippen LogP contribution in [0, 0.1) is 0 Å². The highest BCUT2D eigenvalue weighted by Crippen LogP contribution is 2.38. The molecule has 4 rings (SSSR count). The van der Waals surface area contributed by atoms with Crippen molar-refractivity contribution < 1.29 is 23.7 Å². The number of hydrogen-bond donors (Lipinski definition) is 0. The number of nitrogens with zero attached hydrogens (tertiary/aromatic N) is 4. The van der Waals surface area contributed by atoms with Gasteiger partial charge in [0.15, 0.2) is 11.9 Å². The van der Waals surface area contributed by atoms with Crippen molar-refractivity contribution in [2.24, 2.45) is 0 Å². The van der Waals surface area contributed by atoms with Gasteiger partial charge in [0.2, 0.25) is 0 Å². The second-order valence-electron chi connectivity index (χ2n) is 5.54. The van der Waals surface area contributed by atoms with Gasteiger partial charge >= 0.3 is 5.97 Å². The van der Waals surface area contributed by atoms with Gasteiger partial charge in [-0.25, -0.2) is 15.0 Å². The Kier molecular flexibility index (Phi) is 3.75. The van der Waals surface area contributed by atoms with Crippen molar-refractivity contribution >= 4 is 23.2 Å². The predicted octanol–water partition coefficient (Wildman–Crippen LogP) is 0.671. The summed E-state index contributed by atoms with van der Waals surface area (Å²) >= 11 is 0. The Morgan fingerprint density at radius 2 is 2.25 bits per heavy atom. The van der Waals surface area contributed by atoms with Gasteiger partial charge in [-0.2, -0.15) is 0 Å². The van der Waals surface area contributed by atoms with Crippen molar-refractivity contribution in [3.05, 3.63) is 24.9 Å². The molecule has 2 saturated heterocycles. The van der Waals surface area contributed by atoms with Crippen molar-refractivity contribution in [1.29, 1.82) is 0 Å². The van der Waals surface area contributed by atoms with E-state index in [-0.39, 0.29) is 31.6 Å². The molecular weight excluding hydrogens is 316 g/mol. The molecule has 2 aliphatic rings. The van der Waals surface area contributed by atoms with Crippen molar-refractivity contribution in [2.45, 2.75) is 31.5 Å². The molecule has 0 aromatic carbocycles. The molecule has 0 aliphatic carbocycles. The highest BCUT2D eigenvalue weighted by Gasteiger charge is 2.51. The van der Waals surface area contributed by atoms with Crippen molar-refractivity contribution in [2.75, 3.05) is 13.4 Å². The van der Waals surface area contributed by atoms with Gasteiger partial charge in [-0.3, -0.25) is 9.36 Å². The number of carbonyl (C=O) groups is 1. The second-order valence-corrected chi connectivity index (χ2v) is 5.54. The van der Waals surface area contributed by atoms with E-state index in [1.807, 2.05) is 0 Å². The Balaban J connectivity index is 1.66. The monoisotopic (exact) mass is 332 g/mol. The molecule has 126 valence electrons. The molecule has 0 unspecified atom stereocenters. The van der Waals surface area contributed by atoms with Crippen LogP contribution in [0.15, 0.2) is 19.2 Å². The van der Waals surface area contributed by atoms with Gasteiger partial charge in [0.05, 0.1) is 12.0 Å². The number of ether oxygens (including phenoxy) is 4. The van der Waals surface area contributed by atoms with Crippen LogP contribution >= 0.6 is 0 Å². The third-order valence-electron chi connectivity index (χ3n) is 4.11. The number of esters is 1. The van der Waals surface area contributed by atoms with E-state index >= 15 is 0 Å². The van der Waals surface area contributed by atoms with E-state index in [4.69, 9.17) is 18.9 Å². The van der Waals surface area contributed by atoms with Crippen molar-refractivity contribution in [3.8, 4) is 0 Å². The minimum atomic E-state index is -0.476. The lowest BCUT2D eigenvalue weighted by Crippen LogP contribution is -2.32. The molecule has 0 radical (unpaired) electrons. The summed E-state index contributed by atoms with van der Waals surface area (Å²) in [4.78, 5) is 23.8. The van der Waals surface area contributed by atoms with Crippen molar-refractivity contribution in [1.82, 2.24) is 19.5 Å². The molecule has 2 aromatic rings. The second kappa shape index (κ2) is 5.93. The molecule has 24 heavy (non-hydrogen) atoms. The van der Waals surface area contributed by atoms with Crippen LogP contribution < -0.4 is 0 Å². The van der Waals surface area contributed by atoms with E-state index in [2.05, 4.69) is 21.5 Å². The summed E-state index contributed by atoms with van der Waals surface area (Å²) in [6, 6.07) is 0. The molecule has 0 spiro atoms. The molecule has 2 fully saturated rings. The van der Waals surface area contributed by atoms with Gasteiger partial charge in [0.1, 0.15) is 43.6 Å². The van der Waals surface area contributed by atoms with E-state index in [0.29, 0.717) is 16.9 Å². The average Bonchev–Trinajstić information content (AvgIpc) is 3.27. The highest BCUT2D eigenvalue weighted by atomic mass is 16.7. The fraction of sp³-hybridized carbons (Fsp3) is 0.467. The quantitative estimate of drug-likeness (QED) is 0.754. The number of hydrogen-bond acceptors (Lipinski definition) is 8. The summed E-state index contributed by atoms with van der Waals surface area (Å²) in [5.41, 5.74) is 1.90. The lowest BCUT2D eigenvalue weighted by atomic mass is 10.1. The summed E-state index contributed by atoms with van der Waals surface area (Å²) in [5.74, 6) is -0.367. The van der Waals surface area contributed by atoms with Crippen LogP contribution in [0.2, 0.25) is 0 Å². The first-order valence-corrected chi connectivity index (χ1v) is 7.51. The smallest absolute Gasteiger partial charge is 0.302 e. The maximum Gasteiger partial charge on any atom is 0.302 e. The first-order valence-electron chi connectivity index (χ1n) is 7.51. The number of aromatic nitrogens is 4. The van der Waals surface area contributed by atoms with Gasteiger partial charge in [-0.1, -0.05) is 6.58 Å². The van der Waals surface area contributed by atoms with E-state index in [1.54, 1.807) is 17.0 Å². The highest BCUT2D eigenvalue weighted by molar-refractivity contribution is 5.79. The van der Waals surface area contributed by atoms with E-state index in [9.17, 15) is 4.79 Å². The molecule has 0 saturated carbocycles. The van der Waals surface area contributed by atoms with Crippen molar-refractivity contribution in [3.63, 3.8) is 0 Å². The fourth-order valence-electron chi connectivity index (χ4n) is 3.05. The minimum Gasteiger partial charge on any atom is -0.463 e. The number of rotatable bonds is 4. The Morgan fingerprint density at radius 1 is 1.42 bits per heavy atom. The number of imidazole rings is 1. The Labute approximate surface area is 137 Å². The molecule has 0 amide bonds. The topological polar surface area (TPSA) is 97.6 Å². The fourth-order valence-corrected chi connectivity index (χ4v) is 3.05. The largest absolute Gasteiger partial charge is 0.463 e. The summed E-state index contributed by atoms with van der Waals surface area (Å²) in [7, 11) is 0. The van der Waals surface area contributed by atoms with Crippen LogP contribution in [-0.2, 0) is 23.7 Å². The van der Waals surface area contributed by atoms with Crippen LogP contribution in [0.5, 0.6) is 0 Å².